The number of carboxylic acid groups (broad SMARTS) is 1. The summed E-state index contributed by atoms with van der Waals surface area (Å²) in [6, 6.07) is 24.5. The summed E-state index contributed by atoms with van der Waals surface area (Å²) in [5.74, 6) is -0.105. The van der Waals surface area contributed by atoms with Crippen molar-refractivity contribution < 1.29 is 23.8 Å². The number of aliphatic carboxylic acids is 1. The van der Waals surface area contributed by atoms with Crippen molar-refractivity contribution in [3.8, 4) is 11.3 Å². The quantitative estimate of drug-likeness (QED) is 0.394. The van der Waals surface area contributed by atoms with Gasteiger partial charge in [-0.3, -0.25) is 10.1 Å². The van der Waals surface area contributed by atoms with Crippen LogP contribution in [-0.2, 0) is 22.6 Å². The van der Waals surface area contributed by atoms with E-state index in [2.05, 4.69) is 5.32 Å². The van der Waals surface area contributed by atoms with Crippen LogP contribution in [0.5, 0.6) is 0 Å². The summed E-state index contributed by atoms with van der Waals surface area (Å²) in [6.07, 6.45) is -0.282. The second kappa shape index (κ2) is 9.17. The van der Waals surface area contributed by atoms with E-state index in [9.17, 15) is 9.59 Å². The predicted octanol–water partition coefficient (Wildman–Crippen LogP) is 5.87. The summed E-state index contributed by atoms with van der Waals surface area (Å²) in [6.45, 7) is 0.102. The smallest absolute Gasteiger partial charge is 0.411 e. The van der Waals surface area contributed by atoms with Crippen molar-refractivity contribution in [3.05, 3.63) is 90.0 Å². The van der Waals surface area contributed by atoms with Gasteiger partial charge in [-0.15, -0.1) is 0 Å². The minimum Gasteiger partial charge on any atom is -0.481 e. The molecule has 0 aliphatic carbocycles. The van der Waals surface area contributed by atoms with Crippen molar-refractivity contribution >= 4 is 28.7 Å². The summed E-state index contributed by atoms with van der Waals surface area (Å²) in [4.78, 5) is 23.1. The topological polar surface area (TPSA) is 88.8 Å². The van der Waals surface area contributed by atoms with Crippen molar-refractivity contribution in [2.45, 2.75) is 19.4 Å². The van der Waals surface area contributed by atoms with Crippen LogP contribution in [-0.4, -0.2) is 17.2 Å². The number of hydrogen-bond acceptors (Lipinski definition) is 4. The molecule has 0 radical (unpaired) electrons. The molecule has 1 heterocycles. The van der Waals surface area contributed by atoms with Gasteiger partial charge in [0.1, 0.15) is 18.0 Å². The van der Waals surface area contributed by atoms with Crippen LogP contribution in [0.2, 0.25) is 0 Å². The Bertz CT molecular complexity index is 1210. The zero-order valence-electron chi connectivity index (χ0n) is 16.7. The minimum absolute atomic E-state index is 0.0105. The fourth-order valence-corrected chi connectivity index (χ4v) is 3.32. The van der Waals surface area contributed by atoms with E-state index in [1.54, 1.807) is 24.3 Å². The number of anilines is 1. The van der Waals surface area contributed by atoms with Gasteiger partial charge in [0.05, 0.1) is 0 Å². The maximum atomic E-state index is 12.3. The number of rotatable bonds is 7. The molecule has 0 saturated carbocycles. The number of carbonyl (C=O) groups excluding carboxylic acids is 1. The highest BCUT2D eigenvalue weighted by atomic mass is 16.5. The fourth-order valence-electron chi connectivity index (χ4n) is 3.32. The van der Waals surface area contributed by atoms with E-state index >= 15 is 0 Å². The first-order chi connectivity index (χ1) is 15.1. The van der Waals surface area contributed by atoms with E-state index < -0.39 is 12.1 Å². The second-order valence-corrected chi connectivity index (χ2v) is 7.10. The summed E-state index contributed by atoms with van der Waals surface area (Å²) < 4.78 is 11.3. The number of amides is 1. The Kier molecular flexibility index (Phi) is 5.98. The number of aryl methyl sites for hydroxylation is 1. The Labute approximate surface area is 179 Å². The molecule has 0 saturated heterocycles. The number of fused-ring (bicyclic) bond motifs is 1. The van der Waals surface area contributed by atoms with Gasteiger partial charge in [-0.25, -0.2) is 4.79 Å². The van der Waals surface area contributed by atoms with E-state index in [0.29, 0.717) is 12.1 Å². The fraction of sp³-hybridized carbons (Fsp3) is 0.120. The molecule has 0 bridgehead atoms. The molecule has 0 atom stereocenters. The van der Waals surface area contributed by atoms with Crippen LogP contribution in [0.3, 0.4) is 0 Å². The van der Waals surface area contributed by atoms with Crippen molar-refractivity contribution in [3.63, 3.8) is 0 Å². The molecule has 156 valence electrons. The lowest BCUT2D eigenvalue weighted by Gasteiger charge is -2.11. The highest BCUT2D eigenvalue weighted by Gasteiger charge is 2.11. The standard InChI is InChI=1S/C25H21NO5/c27-24(28)13-11-18-6-4-5-9-21(18)26-25(29)30-16-17-10-12-22-20(14-17)15-23(31-22)19-7-2-1-3-8-19/h1-10,12,14-15H,11,13,16H2,(H,26,29)(H,27,28). The summed E-state index contributed by atoms with van der Waals surface area (Å²) in [5.41, 5.74) is 3.89. The number of benzene rings is 3. The molecular weight excluding hydrogens is 394 g/mol. The van der Waals surface area contributed by atoms with Crippen molar-refractivity contribution in [1.29, 1.82) is 0 Å². The average Bonchev–Trinajstić information content (AvgIpc) is 3.21. The number of carbonyl (C=O) groups is 2. The molecule has 6 nitrogen and oxygen atoms in total. The second-order valence-electron chi connectivity index (χ2n) is 7.10. The van der Waals surface area contributed by atoms with E-state index in [0.717, 1.165) is 33.4 Å². The molecule has 1 amide bonds. The van der Waals surface area contributed by atoms with Crippen LogP contribution < -0.4 is 5.32 Å². The highest BCUT2D eigenvalue weighted by Crippen LogP contribution is 2.28. The van der Waals surface area contributed by atoms with Crippen LogP contribution >= 0.6 is 0 Å². The third-order valence-electron chi connectivity index (χ3n) is 4.87. The number of furan rings is 1. The Morgan fingerprint density at radius 2 is 1.71 bits per heavy atom. The van der Waals surface area contributed by atoms with Crippen LogP contribution in [0.1, 0.15) is 17.5 Å². The first kappa shape index (κ1) is 20.2. The van der Waals surface area contributed by atoms with Crippen LogP contribution in [0.4, 0.5) is 10.5 Å². The van der Waals surface area contributed by atoms with E-state index in [4.69, 9.17) is 14.3 Å². The molecule has 2 N–H and O–H groups in total. The maximum absolute atomic E-state index is 12.3. The molecule has 0 aliphatic rings. The maximum Gasteiger partial charge on any atom is 0.411 e. The van der Waals surface area contributed by atoms with Gasteiger partial charge in [0.2, 0.25) is 0 Å². The Morgan fingerprint density at radius 3 is 2.52 bits per heavy atom. The average molecular weight is 415 g/mol. The zero-order valence-corrected chi connectivity index (χ0v) is 16.7. The molecule has 3 aromatic carbocycles. The van der Waals surface area contributed by atoms with Crippen LogP contribution in [0.15, 0.2) is 83.3 Å². The summed E-state index contributed by atoms with van der Waals surface area (Å²) in [5, 5.41) is 12.5. The summed E-state index contributed by atoms with van der Waals surface area (Å²) >= 11 is 0. The van der Waals surface area contributed by atoms with E-state index in [1.807, 2.05) is 54.6 Å². The largest absolute Gasteiger partial charge is 0.481 e. The monoisotopic (exact) mass is 415 g/mol. The normalized spacial score (nSPS) is 10.7. The molecule has 6 heteroatoms. The molecular formula is C25H21NO5. The third kappa shape index (κ3) is 5.11. The molecule has 4 rings (SSSR count). The highest BCUT2D eigenvalue weighted by molar-refractivity contribution is 5.86. The molecule has 1 aromatic heterocycles. The molecule has 0 aliphatic heterocycles. The van der Waals surface area contributed by atoms with E-state index in [-0.39, 0.29) is 13.0 Å². The number of nitrogens with one attached hydrogen (secondary N) is 1. The van der Waals surface area contributed by atoms with Gasteiger partial charge < -0.3 is 14.3 Å². The lowest BCUT2D eigenvalue weighted by Crippen LogP contribution is -2.15. The lowest BCUT2D eigenvalue weighted by molar-refractivity contribution is -0.136. The SMILES string of the molecule is O=C(O)CCc1ccccc1NC(=O)OCc1ccc2oc(-c3ccccc3)cc2c1. The van der Waals surface area contributed by atoms with Crippen LogP contribution in [0, 0.1) is 0 Å². The molecule has 0 fully saturated rings. The Hall–Kier alpha value is -4.06. The predicted molar refractivity (Wildman–Crippen MR) is 118 cm³/mol. The summed E-state index contributed by atoms with van der Waals surface area (Å²) in [7, 11) is 0. The number of carboxylic acids is 1. The van der Waals surface area contributed by atoms with Crippen molar-refractivity contribution in [2.75, 3.05) is 5.32 Å². The number of ether oxygens (including phenoxy) is 1. The van der Waals surface area contributed by atoms with Gasteiger partial charge in [-0.2, -0.15) is 0 Å². The van der Waals surface area contributed by atoms with Gasteiger partial charge in [0, 0.05) is 23.1 Å². The molecule has 31 heavy (non-hydrogen) atoms. The molecule has 0 spiro atoms. The van der Waals surface area contributed by atoms with E-state index in [1.165, 1.54) is 0 Å². The zero-order chi connectivity index (χ0) is 21.6. The third-order valence-corrected chi connectivity index (χ3v) is 4.87. The minimum atomic E-state index is -0.887. The first-order valence-electron chi connectivity index (χ1n) is 9.90. The molecule has 4 aromatic rings. The van der Waals surface area contributed by atoms with Gasteiger partial charge in [-0.05, 0) is 41.8 Å². The van der Waals surface area contributed by atoms with Gasteiger partial charge in [-0.1, -0.05) is 54.6 Å². The Morgan fingerprint density at radius 1 is 0.935 bits per heavy atom. The first-order valence-corrected chi connectivity index (χ1v) is 9.90. The van der Waals surface area contributed by atoms with Gasteiger partial charge >= 0.3 is 12.1 Å². The molecule has 0 unspecified atom stereocenters. The van der Waals surface area contributed by atoms with Crippen molar-refractivity contribution in [1.82, 2.24) is 0 Å². The number of para-hydroxylation sites is 1. The Balaban J connectivity index is 1.40. The lowest BCUT2D eigenvalue weighted by atomic mass is 10.1. The number of hydrogen-bond donors (Lipinski definition) is 2. The van der Waals surface area contributed by atoms with Gasteiger partial charge in [0.25, 0.3) is 0 Å². The van der Waals surface area contributed by atoms with Gasteiger partial charge in [0.15, 0.2) is 0 Å². The van der Waals surface area contributed by atoms with Crippen molar-refractivity contribution in [2.24, 2.45) is 0 Å². The van der Waals surface area contributed by atoms with Crippen LogP contribution in [0.25, 0.3) is 22.3 Å².